The number of sulfone groups is 1. The molecule has 1 aliphatic heterocycles. The van der Waals surface area contributed by atoms with Gasteiger partial charge in [0, 0.05) is 31.3 Å². The van der Waals surface area contributed by atoms with E-state index >= 15 is 0 Å². The smallest absolute Gasteiger partial charge is 0.150 e. The third-order valence-corrected chi connectivity index (χ3v) is 6.24. The molecule has 1 saturated heterocycles. The van der Waals surface area contributed by atoms with Gasteiger partial charge in [0.2, 0.25) is 0 Å². The van der Waals surface area contributed by atoms with Crippen molar-refractivity contribution in [1.82, 2.24) is 9.47 Å². The molecule has 2 aromatic rings. The van der Waals surface area contributed by atoms with Crippen molar-refractivity contribution in [1.29, 1.82) is 0 Å². The fourth-order valence-electron chi connectivity index (χ4n) is 3.16. The second-order valence-corrected chi connectivity index (χ2v) is 8.42. The number of aryl methyl sites for hydroxylation is 1. The predicted molar refractivity (Wildman–Crippen MR) is 86.1 cm³/mol. The number of nitrogens with zero attached hydrogens (tertiary/aromatic N) is 2. The van der Waals surface area contributed by atoms with E-state index in [2.05, 4.69) is 54.0 Å². The molecule has 0 bridgehead atoms. The van der Waals surface area contributed by atoms with Gasteiger partial charge in [-0.05, 0) is 49.0 Å². The van der Waals surface area contributed by atoms with E-state index in [0.717, 1.165) is 19.4 Å². The van der Waals surface area contributed by atoms with Crippen molar-refractivity contribution in [2.75, 3.05) is 18.6 Å². The van der Waals surface area contributed by atoms with Gasteiger partial charge in [-0.2, -0.15) is 0 Å². The second-order valence-electron chi connectivity index (χ2n) is 6.12. The van der Waals surface area contributed by atoms with E-state index in [1.54, 1.807) is 0 Å². The SMILES string of the molecule is CN(Cc1ccc2c(ccn2C)c1)C1CCS(=O)(=O)CC1. The summed E-state index contributed by atoms with van der Waals surface area (Å²) in [5.41, 5.74) is 2.52. The molecular formula is C16H22N2O2S. The lowest BCUT2D eigenvalue weighted by atomic mass is 10.1. The molecule has 1 aromatic heterocycles. The Morgan fingerprint density at radius 1 is 1.24 bits per heavy atom. The zero-order valence-electron chi connectivity index (χ0n) is 12.6. The van der Waals surface area contributed by atoms with E-state index in [4.69, 9.17) is 0 Å². The first-order chi connectivity index (χ1) is 9.94. The first kappa shape index (κ1) is 14.6. The molecule has 0 unspecified atom stereocenters. The largest absolute Gasteiger partial charge is 0.351 e. The number of hydrogen-bond acceptors (Lipinski definition) is 3. The number of fused-ring (bicyclic) bond motifs is 1. The van der Waals surface area contributed by atoms with Gasteiger partial charge in [-0.15, -0.1) is 0 Å². The highest BCUT2D eigenvalue weighted by Crippen LogP contribution is 2.21. The standard InChI is InChI=1S/C16H22N2O2S/c1-17-8-5-14-11-13(3-4-16(14)17)12-18(2)15-6-9-21(19,20)10-7-15/h3-5,8,11,15H,6-7,9-10,12H2,1-2H3. The van der Waals surface area contributed by atoms with E-state index in [9.17, 15) is 8.42 Å². The Labute approximate surface area is 126 Å². The van der Waals surface area contributed by atoms with Crippen molar-refractivity contribution < 1.29 is 8.42 Å². The van der Waals surface area contributed by atoms with Crippen molar-refractivity contribution in [3.63, 3.8) is 0 Å². The molecule has 4 nitrogen and oxygen atoms in total. The van der Waals surface area contributed by atoms with Crippen LogP contribution in [0.5, 0.6) is 0 Å². The maximum absolute atomic E-state index is 11.5. The fraction of sp³-hybridized carbons (Fsp3) is 0.500. The Hall–Kier alpha value is -1.33. The maximum Gasteiger partial charge on any atom is 0.150 e. The highest BCUT2D eigenvalue weighted by Gasteiger charge is 2.26. The molecule has 1 aliphatic rings. The first-order valence-corrected chi connectivity index (χ1v) is 9.21. The molecule has 0 atom stereocenters. The summed E-state index contributed by atoms with van der Waals surface area (Å²) >= 11 is 0. The average molecular weight is 306 g/mol. The van der Waals surface area contributed by atoms with E-state index in [1.807, 2.05) is 0 Å². The van der Waals surface area contributed by atoms with Crippen LogP contribution in [-0.2, 0) is 23.4 Å². The number of rotatable bonds is 3. The Balaban J connectivity index is 1.70. The van der Waals surface area contributed by atoms with E-state index < -0.39 is 9.84 Å². The molecule has 0 N–H and O–H groups in total. The van der Waals surface area contributed by atoms with Crippen LogP contribution in [0.2, 0.25) is 0 Å². The van der Waals surface area contributed by atoms with Crippen LogP contribution < -0.4 is 0 Å². The van der Waals surface area contributed by atoms with Crippen LogP contribution in [-0.4, -0.2) is 42.5 Å². The van der Waals surface area contributed by atoms with Crippen LogP contribution >= 0.6 is 0 Å². The summed E-state index contributed by atoms with van der Waals surface area (Å²) in [5, 5.41) is 1.26. The highest BCUT2D eigenvalue weighted by atomic mass is 32.2. The van der Waals surface area contributed by atoms with Gasteiger partial charge < -0.3 is 4.57 Å². The minimum Gasteiger partial charge on any atom is -0.351 e. The lowest BCUT2D eigenvalue weighted by Gasteiger charge is -2.31. The van der Waals surface area contributed by atoms with E-state index in [0.29, 0.717) is 17.5 Å². The topological polar surface area (TPSA) is 42.3 Å². The number of hydrogen-bond donors (Lipinski definition) is 0. The lowest BCUT2D eigenvalue weighted by molar-refractivity contribution is 0.218. The maximum atomic E-state index is 11.5. The number of benzene rings is 1. The van der Waals surface area contributed by atoms with Crippen molar-refractivity contribution in [3.05, 3.63) is 36.0 Å². The molecule has 114 valence electrons. The molecule has 0 saturated carbocycles. The molecule has 21 heavy (non-hydrogen) atoms. The molecule has 1 fully saturated rings. The summed E-state index contributed by atoms with van der Waals surface area (Å²) in [6, 6.07) is 9.06. The molecule has 1 aromatic carbocycles. The molecular weight excluding hydrogens is 284 g/mol. The quantitative estimate of drug-likeness (QED) is 0.873. The lowest BCUT2D eigenvalue weighted by Crippen LogP contribution is -2.38. The predicted octanol–water partition coefficient (Wildman–Crippen LogP) is 2.19. The molecule has 5 heteroatoms. The summed E-state index contributed by atoms with van der Waals surface area (Å²) in [5.74, 6) is 0.666. The van der Waals surface area contributed by atoms with Crippen LogP contribution in [0.3, 0.4) is 0 Å². The van der Waals surface area contributed by atoms with Crippen molar-refractivity contribution in [3.8, 4) is 0 Å². The van der Waals surface area contributed by atoms with Crippen LogP contribution in [0, 0.1) is 0 Å². The van der Waals surface area contributed by atoms with Gasteiger partial charge in [0.15, 0.2) is 0 Å². The minimum absolute atomic E-state index is 0.333. The van der Waals surface area contributed by atoms with E-state index in [-0.39, 0.29) is 0 Å². The average Bonchev–Trinajstić information content (AvgIpc) is 2.80. The van der Waals surface area contributed by atoms with Gasteiger partial charge in [-0.25, -0.2) is 8.42 Å². The van der Waals surface area contributed by atoms with Gasteiger partial charge >= 0.3 is 0 Å². The van der Waals surface area contributed by atoms with E-state index in [1.165, 1.54) is 16.5 Å². The highest BCUT2D eigenvalue weighted by molar-refractivity contribution is 7.91. The third kappa shape index (κ3) is 3.14. The Bertz CT molecular complexity index is 735. The second kappa shape index (κ2) is 5.46. The Morgan fingerprint density at radius 2 is 1.95 bits per heavy atom. The van der Waals surface area contributed by atoms with Crippen LogP contribution in [0.25, 0.3) is 10.9 Å². The summed E-state index contributed by atoms with van der Waals surface area (Å²) in [7, 11) is 1.37. The normalized spacial score (nSPS) is 19.4. The fourth-order valence-corrected chi connectivity index (χ4v) is 4.63. The molecule has 0 aliphatic carbocycles. The van der Waals surface area contributed by atoms with Crippen molar-refractivity contribution in [2.24, 2.45) is 7.05 Å². The van der Waals surface area contributed by atoms with Gasteiger partial charge in [0.1, 0.15) is 9.84 Å². The van der Waals surface area contributed by atoms with Gasteiger partial charge in [-0.3, -0.25) is 4.90 Å². The number of aromatic nitrogens is 1. The zero-order chi connectivity index (χ0) is 15.0. The van der Waals surface area contributed by atoms with Gasteiger partial charge in [0.25, 0.3) is 0 Å². The zero-order valence-corrected chi connectivity index (χ0v) is 13.4. The summed E-state index contributed by atoms with van der Waals surface area (Å²) in [6.07, 6.45) is 3.59. The van der Waals surface area contributed by atoms with Gasteiger partial charge in [-0.1, -0.05) is 6.07 Å². The van der Waals surface area contributed by atoms with Crippen molar-refractivity contribution >= 4 is 20.7 Å². The van der Waals surface area contributed by atoms with Crippen LogP contribution in [0.15, 0.2) is 30.5 Å². The molecule has 0 spiro atoms. The third-order valence-electron chi connectivity index (χ3n) is 4.53. The summed E-state index contributed by atoms with van der Waals surface area (Å²) < 4.78 is 25.1. The monoisotopic (exact) mass is 306 g/mol. The Morgan fingerprint density at radius 3 is 2.67 bits per heavy atom. The van der Waals surface area contributed by atoms with Crippen LogP contribution in [0.1, 0.15) is 18.4 Å². The summed E-state index contributed by atoms with van der Waals surface area (Å²) in [4.78, 5) is 2.29. The van der Waals surface area contributed by atoms with Crippen molar-refractivity contribution in [2.45, 2.75) is 25.4 Å². The molecule has 3 rings (SSSR count). The van der Waals surface area contributed by atoms with Gasteiger partial charge in [0.05, 0.1) is 11.5 Å². The molecule has 0 radical (unpaired) electrons. The molecule has 0 amide bonds. The minimum atomic E-state index is -2.78. The first-order valence-electron chi connectivity index (χ1n) is 7.39. The molecule has 2 heterocycles. The Kier molecular flexibility index (Phi) is 3.80. The summed E-state index contributed by atoms with van der Waals surface area (Å²) in [6.45, 7) is 0.871. The van der Waals surface area contributed by atoms with Crippen LogP contribution in [0.4, 0.5) is 0 Å².